The Morgan fingerprint density at radius 3 is 2.25 bits per heavy atom. The average molecular weight is 174 g/mol. The van der Waals surface area contributed by atoms with E-state index in [4.69, 9.17) is 0 Å². The molecule has 0 spiro atoms. The molecule has 0 aromatic heterocycles. The first-order valence-electron chi connectivity index (χ1n) is 3.60. The van der Waals surface area contributed by atoms with Crippen molar-refractivity contribution < 1.29 is 0 Å². The van der Waals surface area contributed by atoms with Gasteiger partial charge in [0.25, 0.3) is 0 Å². The van der Waals surface area contributed by atoms with E-state index in [9.17, 15) is 0 Å². The molecular weight excluding hydrogens is 162 g/mol. The van der Waals surface area contributed by atoms with Gasteiger partial charge in [-0.2, -0.15) is 0 Å². The monoisotopic (exact) mass is 174 g/mol. The number of hydrogen-bond acceptors (Lipinski definition) is 0. The lowest BCUT2D eigenvalue weighted by Gasteiger charge is -1.96. The molecule has 0 aliphatic heterocycles. The van der Waals surface area contributed by atoms with Crippen LogP contribution in [-0.2, 0) is 0 Å². The number of benzene rings is 2. The van der Waals surface area contributed by atoms with Crippen molar-refractivity contribution >= 4 is 33.7 Å². The van der Waals surface area contributed by atoms with Crippen LogP contribution < -0.4 is 5.30 Å². The molecule has 0 saturated heterocycles. The summed E-state index contributed by atoms with van der Waals surface area (Å²) in [5, 5.41) is 3.85. The van der Waals surface area contributed by atoms with Crippen LogP contribution in [0.15, 0.2) is 42.5 Å². The van der Waals surface area contributed by atoms with Gasteiger partial charge in [-0.1, -0.05) is 36.4 Å². The summed E-state index contributed by atoms with van der Waals surface area (Å²) < 4.78 is 0. The van der Waals surface area contributed by atoms with Crippen LogP contribution in [0.2, 0.25) is 0 Å². The van der Waals surface area contributed by atoms with Gasteiger partial charge in [0.05, 0.1) is 8.41 Å². The second-order valence-corrected chi connectivity index (χ2v) is 3.27. The summed E-state index contributed by atoms with van der Waals surface area (Å²) in [4.78, 5) is 0. The van der Waals surface area contributed by atoms with E-state index in [2.05, 4.69) is 51.7 Å². The van der Waals surface area contributed by atoms with E-state index in [-0.39, 0.29) is 8.41 Å². The lowest BCUT2D eigenvalue weighted by atomic mass is 10.1. The van der Waals surface area contributed by atoms with E-state index in [0.717, 1.165) is 0 Å². The van der Waals surface area contributed by atoms with Gasteiger partial charge in [-0.25, -0.2) is 0 Å². The summed E-state index contributed by atoms with van der Waals surface area (Å²) in [6.45, 7) is 0. The summed E-state index contributed by atoms with van der Waals surface area (Å²) >= 11 is 0. The van der Waals surface area contributed by atoms with E-state index >= 15 is 0 Å². The van der Waals surface area contributed by atoms with E-state index in [1.807, 2.05) is 0 Å². The molecule has 12 heavy (non-hydrogen) atoms. The zero-order valence-electron chi connectivity index (χ0n) is 6.12. The SMILES string of the molecule is B.Pc1ccc2ccccc2c1. The molecule has 2 aromatic rings. The molecule has 2 aromatic carbocycles. The van der Waals surface area contributed by atoms with Gasteiger partial charge in [-0.05, 0) is 22.1 Å². The molecule has 60 valence electrons. The number of rotatable bonds is 0. The van der Waals surface area contributed by atoms with Crippen molar-refractivity contribution in [3.8, 4) is 0 Å². The first kappa shape index (κ1) is 9.28. The summed E-state index contributed by atoms with van der Waals surface area (Å²) in [5.41, 5.74) is 0. The molecule has 0 fully saturated rings. The topological polar surface area (TPSA) is 0 Å². The van der Waals surface area contributed by atoms with Gasteiger partial charge in [-0.3, -0.25) is 0 Å². The minimum absolute atomic E-state index is 0. The fourth-order valence-electron chi connectivity index (χ4n) is 1.21. The van der Waals surface area contributed by atoms with E-state index in [1.54, 1.807) is 0 Å². The van der Waals surface area contributed by atoms with Crippen LogP contribution in [0.1, 0.15) is 0 Å². The van der Waals surface area contributed by atoms with Crippen molar-refractivity contribution in [1.82, 2.24) is 0 Å². The van der Waals surface area contributed by atoms with Crippen LogP contribution >= 0.6 is 9.24 Å². The maximum absolute atomic E-state index is 2.70. The zero-order chi connectivity index (χ0) is 7.68. The highest BCUT2D eigenvalue weighted by atomic mass is 31.0. The average Bonchev–Trinajstić information content (AvgIpc) is 2.04. The minimum Gasteiger partial charge on any atom is -0.106 e. The van der Waals surface area contributed by atoms with Gasteiger partial charge in [0, 0.05) is 0 Å². The lowest BCUT2D eigenvalue weighted by molar-refractivity contribution is 1.79. The highest BCUT2D eigenvalue weighted by Gasteiger charge is 1.89. The van der Waals surface area contributed by atoms with E-state index < -0.39 is 0 Å². The summed E-state index contributed by atoms with van der Waals surface area (Å²) in [6, 6.07) is 14.8. The maximum atomic E-state index is 2.70. The van der Waals surface area contributed by atoms with Gasteiger partial charge in [0.15, 0.2) is 0 Å². The molecule has 0 amide bonds. The molecule has 0 radical (unpaired) electrons. The van der Waals surface area contributed by atoms with E-state index in [0.29, 0.717) is 0 Å². The van der Waals surface area contributed by atoms with Gasteiger partial charge < -0.3 is 0 Å². The maximum Gasteiger partial charge on any atom is 0.0814 e. The van der Waals surface area contributed by atoms with Crippen molar-refractivity contribution in [3.63, 3.8) is 0 Å². The third-order valence-corrected chi connectivity index (χ3v) is 2.13. The number of hydrogen-bond donors (Lipinski definition) is 0. The number of fused-ring (bicyclic) bond motifs is 1. The zero-order valence-corrected chi connectivity index (χ0v) is 7.27. The second-order valence-electron chi connectivity index (χ2n) is 2.61. The molecule has 0 saturated carbocycles. The molecule has 0 aliphatic carbocycles. The molecular formula is C10H12BP. The first-order chi connectivity index (χ1) is 5.36. The first-order valence-corrected chi connectivity index (χ1v) is 4.18. The third-order valence-electron chi connectivity index (χ3n) is 1.77. The molecule has 0 heterocycles. The molecule has 2 rings (SSSR count). The molecule has 0 nitrogen and oxygen atoms in total. The predicted octanol–water partition coefficient (Wildman–Crippen LogP) is 1.16. The quantitative estimate of drug-likeness (QED) is 0.415. The van der Waals surface area contributed by atoms with Crippen LogP contribution in [0.5, 0.6) is 0 Å². The predicted molar refractivity (Wildman–Crippen MR) is 63.2 cm³/mol. The van der Waals surface area contributed by atoms with Gasteiger partial charge in [0.2, 0.25) is 0 Å². The summed E-state index contributed by atoms with van der Waals surface area (Å²) in [5.74, 6) is 0. The standard InChI is InChI=1S/C10H9P.BH3/c11-10-6-5-8-3-1-2-4-9(8)7-10;/h1-7H,11H2;1H3. The molecule has 1 unspecified atom stereocenters. The summed E-state index contributed by atoms with van der Waals surface area (Å²) in [7, 11) is 2.70. The third kappa shape index (κ3) is 1.68. The highest BCUT2D eigenvalue weighted by molar-refractivity contribution is 7.27. The van der Waals surface area contributed by atoms with Gasteiger partial charge in [-0.15, -0.1) is 9.24 Å². The van der Waals surface area contributed by atoms with Gasteiger partial charge in [0.1, 0.15) is 0 Å². The molecule has 2 heteroatoms. The lowest BCUT2D eigenvalue weighted by Crippen LogP contribution is -1.86. The fraction of sp³-hybridized carbons (Fsp3) is 0. The van der Waals surface area contributed by atoms with Gasteiger partial charge >= 0.3 is 0 Å². The van der Waals surface area contributed by atoms with Crippen LogP contribution in [0.3, 0.4) is 0 Å². The molecule has 0 aliphatic rings. The van der Waals surface area contributed by atoms with Crippen molar-refractivity contribution in [2.75, 3.05) is 0 Å². The van der Waals surface area contributed by atoms with E-state index in [1.165, 1.54) is 16.1 Å². The van der Waals surface area contributed by atoms with Crippen LogP contribution in [0.4, 0.5) is 0 Å². The fourth-order valence-corrected chi connectivity index (χ4v) is 1.48. The smallest absolute Gasteiger partial charge is 0.0814 e. The van der Waals surface area contributed by atoms with Crippen LogP contribution in [0, 0.1) is 0 Å². The van der Waals surface area contributed by atoms with Crippen molar-refractivity contribution in [3.05, 3.63) is 42.5 Å². The molecule has 1 atom stereocenters. The molecule has 0 bridgehead atoms. The van der Waals surface area contributed by atoms with Crippen LogP contribution in [0.25, 0.3) is 10.8 Å². The van der Waals surface area contributed by atoms with Crippen molar-refractivity contribution in [2.45, 2.75) is 0 Å². The minimum atomic E-state index is 0. The Bertz CT molecular complexity index is 384. The second kappa shape index (κ2) is 3.73. The Morgan fingerprint density at radius 1 is 0.833 bits per heavy atom. The Morgan fingerprint density at radius 2 is 1.50 bits per heavy atom. The Balaban J connectivity index is 0.000000720. The Labute approximate surface area is 76.8 Å². The van der Waals surface area contributed by atoms with Crippen molar-refractivity contribution in [2.24, 2.45) is 0 Å². The van der Waals surface area contributed by atoms with Crippen molar-refractivity contribution in [1.29, 1.82) is 0 Å². The summed E-state index contributed by atoms with van der Waals surface area (Å²) in [6.07, 6.45) is 0. The highest BCUT2D eigenvalue weighted by Crippen LogP contribution is 2.11. The Hall–Kier alpha value is -0.805. The normalized spacial score (nSPS) is 9.42. The Kier molecular flexibility index (Phi) is 2.89. The van der Waals surface area contributed by atoms with Crippen LogP contribution in [-0.4, -0.2) is 8.41 Å². The largest absolute Gasteiger partial charge is 0.106 e. The molecule has 0 N–H and O–H groups in total.